The van der Waals surface area contributed by atoms with Crippen molar-refractivity contribution in [3.63, 3.8) is 0 Å². The van der Waals surface area contributed by atoms with Gasteiger partial charge in [0.05, 0.1) is 11.4 Å². The van der Waals surface area contributed by atoms with Gasteiger partial charge in [-0.15, -0.1) is 22.9 Å². The maximum absolute atomic E-state index is 13.3. The van der Waals surface area contributed by atoms with Gasteiger partial charge in [-0.2, -0.15) is 5.26 Å². The number of hydrogen-bond acceptors (Lipinski definition) is 2. The van der Waals surface area contributed by atoms with Gasteiger partial charge in [-0.25, -0.2) is 4.39 Å². The fourth-order valence-corrected chi connectivity index (χ4v) is 2.41. The molecule has 14 heavy (non-hydrogen) atoms. The average Bonchev–Trinajstić information content (AvgIpc) is 2.58. The second kappa shape index (κ2) is 3.56. The van der Waals surface area contributed by atoms with E-state index in [1.165, 1.54) is 17.4 Å². The van der Waals surface area contributed by atoms with Crippen molar-refractivity contribution in [1.29, 1.82) is 5.26 Å². The molecule has 0 saturated heterocycles. The van der Waals surface area contributed by atoms with E-state index in [1.54, 1.807) is 11.4 Å². The van der Waals surface area contributed by atoms with E-state index < -0.39 is 0 Å². The fourth-order valence-electron chi connectivity index (χ4n) is 1.28. The molecule has 1 aromatic carbocycles. The summed E-state index contributed by atoms with van der Waals surface area (Å²) in [6, 6.07) is 5.10. The van der Waals surface area contributed by atoms with Crippen LogP contribution in [0.2, 0.25) is 0 Å². The first-order valence-corrected chi connectivity index (χ1v) is 5.33. The van der Waals surface area contributed by atoms with Crippen LogP contribution in [0.1, 0.15) is 11.1 Å². The van der Waals surface area contributed by atoms with Gasteiger partial charge in [0.25, 0.3) is 0 Å². The molecule has 0 unspecified atom stereocenters. The molecule has 1 nitrogen and oxygen atoms in total. The molecule has 0 amide bonds. The van der Waals surface area contributed by atoms with Crippen LogP contribution in [0.3, 0.4) is 0 Å². The van der Waals surface area contributed by atoms with Gasteiger partial charge in [0, 0.05) is 21.0 Å². The van der Waals surface area contributed by atoms with Crippen molar-refractivity contribution in [2.24, 2.45) is 0 Å². The first-order valence-electron chi connectivity index (χ1n) is 3.92. The highest BCUT2D eigenvalue weighted by molar-refractivity contribution is 7.17. The van der Waals surface area contributed by atoms with E-state index >= 15 is 0 Å². The maximum Gasteiger partial charge on any atom is 0.128 e. The van der Waals surface area contributed by atoms with Crippen LogP contribution in [0.15, 0.2) is 17.5 Å². The normalized spacial score (nSPS) is 10.4. The van der Waals surface area contributed by atoms with Crippen molar-refractivity contribution < 1.29 is 4.39 Å². The Morgan fingerprint density at radius 1 is 1.50 bits per heavy atom. The lowest BCUT2D eigenvalue weighted by atomic mass is 10.1. The van der Waals surface area contributed by atoms with Crippen molar-refractivity contribution in [3.05, 3.63) is 34.5 Å². The standard InChI is InChI=1S/C10H5ClFNS/c11-3-6-1-10-8(2-9(6)12)7(4-13)5-14-10/h1-2,5H,3H2. The van der Waals surface area contributed by atoms with Gasteiger partial charge in [0.15, 0.2) is 0 Å². The zero-order valence-electron chi connectivity index (χ0n) is 7.05. The molecule has 4 heteroatoms. The van der Waals surface area contributed by atoms with Crippen LogP contribution in [0.4, 0.5) is 4.39 Å². The molecule has 0 spiro atoms. The summed E-state index contributed by atoms with van der Waals surface area (Å²) in [4.78, 5) is 0. The first-order chi connectivity index (χ1) is 6.76. The quantitative estimate of drug-likeness (QED) is 0.680. The molecule has 0 saturated carbocycles. The Morgan fingerprint density at radius 3 is 2.93 bits per heavy atom. The number of nitriles is 1. The Morgan fingerprint density at radius 2 is 2.29 bits per heavy atom. The number of benzene rings is 1. The van der Waals surface area contributed by atoms with E-state index in [-0.39, 0.29) is 11.7 Å². The van der Waals surface area contributed by atoms with Crippen molar-refractivity contribution in [3.8, 4) is 6.07 Å². The molecule has 0 aliphatic rings. The number of nitrogens with zero attached hydrogens (tertiary/aromatic N) is 1. The molecular weight excluding hydrogens is 221 g/mol. The Bertz CT molecular complexity index is 527. The number of rotatable bonds is 1. The maximum atomic E-state index is 13.3. The first kappa shape index (κ1) is 9.45. The third-order valence-corrected chi connectivity index (χ3v) is 3.24. The third-order valence-electron chi connectivity index (χ3n) is 2.01. The van der Waals surface area contributed by atoms with Crippen molar-refractivity contribution >= 4 is 33.0 Å². The lowest BCUT2D eigenvalue weighted by Crippen LogP contribution is -1.85. The molecular formula is C10H5ClFNS. The van der Waals surface area contributed by atoms with Gasteiger partial charge in [-0.05, 0) is 12.1 Å². The SMILES string of the molecule is N#Cc1csc2cc(CCl)c(F)cc12. The Balaban J connectivity index is 2.77. The molecule has 70 valence electrons. The molecule has 1 aromatic heterocycles. The molecule has 0 atom stereocenters. The van der Waals surface area contributed by atoms with E-state index in [2.05, 4.69) is 0 Å². The number of thiophene rings is 1. The van der Waals surface area contributed by atoms with E-state index in [1.807, 2.05) is 6.07 Å². The zero-order chi connectivity index (χ0) is 10.1. The number of halogens is 2. The topological polar surface area (TPSA) is 23.8 Å². The van der Waals surface area contributed by atoms with E-state index in [0.717, 1.165) is 4.70 Å². The fraction of sp³-hybridized carbons (Fsp3) is 0.100. The minimum atomic E-state index is -0.345. The summed E-state index contributed by atoms with van der Waals surface area (Å²) in [6.45, 7) is 0. The van der Waals surface area contributed by atoms with E-state index in [4.69, 9.17) is 16.9 Å². The molecule has 0 bridgehead atoms. The van der Waals surface area contributed by atoms with Gasteiger partial charge >= 0.3 is 0 Å². The highest BCUT2D eigenvalue weighted by Crippen LogP contribution is 2.28. The smallest absolute Gasteiger partial charge is 0.128 e. The summed E-state index contributed by atoms with van der Waals surface area (Å²) in [5.74, 6) is -0.191. The number of alkyl halides is 1. The second-order valence-corrected chi connectivity index (χ2v) is 4.01. The Kier molecular flexibility index (Phi) is 2.40. The summed E-state index contributed by atoms with van der Waals surface area (Å²) in [5.41, 5.74) is 0.996. The Hall–Kier alpha value is -1.11. The zero-order valence-corrected chi connectivity index (χ0v) is 8.62. The Labute approximate surface area is 89.3 Å². The van der Waals surface area contributed by atoms with Gasteiger partial charge in [-0.1, -0.05) is 0 Å². The summed E-state index contributed by atoms with van der Waals surface area (Å²) >= 11 is 7.00. The third kappa shape index (κ3) is 1.37. The van der Waals surface area contributed by atoms with Crippen LogP contribution in [-0.2, 0) is 5.88 Å². The van der Waals surface area contributed by atoms with E-state index in [9.17, 15) is 4.39 Å². The molecule has 2 aromatic rings. The van der Waals surface area contributed by atoms with Gasteiger partial charge < -0.3 is 0 Å². The lowest BCUT2D eigenvalue weighted by Gasteiger charge is -1.98. The molecule has 0 aliphatic carbocycles. The van der Waals surface area contributed by atoms with Crippen molar-refractivity contribution in [2.75, 3.05) is 0 Å². The predicted molar refractivity (Wildman–Crippen MR) is 56.1 cm³/mol. The monoisotopic (exact) mass is 225 g/mol. The number of fused-ring (bicyclic) bond motifs is 1. The minimum Gasteiger partial charge on any atom is -0.207 e. The highest BCUT2D eigenvalue weighted by atomic mass is 35.5. The molecule has 0 fully saturated rings. The van der Waals surface area contributed by atoms with Crippen LogP contribution >= 0.6 is 22.9 Å². The van der Waals surface area contributed by atoms with Crippen LogP contribution in [0.25, 0.3) is 10.1 Å². The predicted octanol–water partition coefficient (Wildman–Crippen LogP) is 3.65. The minimum absolute atomic E-state index is 0.154. The largest absolute Gasteiger partial charge is 0.207 e. The number of hydrogen-bond donors (Lipinski definition) is 0. The summed E-state index contributed by atoms with van der Waals surface area (Å²) < 4.78 is 14.2. The molecule has 0 N–H and O–H groups in total. The van der Waals surface area contributed by atoms with Crippen molar-refractivity contribution in [1.82, 2.24) is 0 Å². The van der Waals surface area contributed by atoms with E-state index in [0.29, 0.717) is 16.5 Å². The van der Waals surface area contributed by atoms with Gasteiger partial charge in [0.1, 0.15) is 11.9 Å². The lowest BCUT2D eigenvalue weighted by molar-refractivity contribution is 0.619. The summed E-state index contributed by atoms with van der Waals surface area (Å²) in [5, 5.41) is 11.1. The van der Waals surface area contributed by atoms with Gasteiger partial charge in [0.2, 0.25) is 0 Å². The molecule has 2 rings (SSSR count). The summed E-state index contributed by atoms with van der Waals surface area (Å²) in [7, 11) is 0. The van der Waals surface area contributed by atoms with Crippen LogP contribution in [0, 0.1) is 17.1 Å². The van der Waals surface area contributed by atoms with Crippen LogP contribution in [0.5, 0.6) is 0 Å². The van der Waals surface area contributed by atoms with Crippen LogP contribution < -0.4 is 0 Å². The van der Waals surface area contributed by atoms with Crippen LogP contribution in [-0.4, -0.2) is 0 Å². The molecule has 0 aliphatic heterocycles. The average molecular weight is 226 g/mol. The van der Waals surface area contributed by atoms with Crippen molar-refractivity contribution in [2.45, 2.75) is 5.88 Å². The molecule has 0 radical (unpaired) electrons. The summed E-state index contributed by atoms with van der Waals surface area (Å²) in [6.07, 6.45) is 0. The molecule has 1 heterocycles. The highest BCUT2D eigenvalue weighted by Gasteiger charge is 2.08. The second-order valence-electron chi connectivity index (χ2n) is 2.83. The van der Waals surface area contributed by atoms with Gasteiger partial charge in [-0.3, -0.25) is 0 Å².